The minimum Gasteiger partial charge on any atom is -0.495 e. The number of nitrogens with zero attached hydrogens (tertiary/aromatic N) is 2. The van der Waals surface area contributed by atoms with E-state index in [1.165, 1.54) is 30.2 Å². The molecule has 10 heteroatoms. The SMILES string of the molecule is COc1ccc(N2C(=O)C(=Cc3ccc([N+](=O)[O-])o3)SC2=S)cc1Cl. The van der Waals surface area contributed by atoms with Gasteiger partial charge in [-0.25, -0.2) is 0 Å². The molecular formula is C15H9ClN2O5S2. The number of ether oxygens (including phenoxy) is 1. The molecule has 1 aromatic heterocycles. The van der Waals surface area contributed by atoms with E-state index in [4.69, 9.17) is 33.0 Å². The molecule has 0 N–H and O–H groups in total. The van der Waals surface area contributed by atoms with Gasteiger partial charge in [-0.2, -0.15) is 0 Å². The predicted octanol–water partition coefficient (Wildman–Crippen LogP) is 4.26. The zero-order valence-corrected chi connectivity index (χ0v) is 15.0. The third kappa shape index (κ3) is 3.39. The van der Waals surface area contributed by atoms with Crippen molar-refractivity contribution >= 4 is 63.5 Å². The first-order chi connectivity index (χ1) is 11.9. The molecule has 0 unspecified atom stereocenters. The van der Waals surface area contributed by atoms with Crippen LogP contribution in [0.4, 0.5) is 11.6 Å². The predicted molar refractivity (Wildman–Crippen MR) is 99.0 cm³/mol. The van der Waals surface area contributed by atoms with Crippen LogP contribution < -0.4 is 9.64 Å². The average molecular weight is 397 g/mol. The Kier molecular flexibility index (Phi) is 4.80. The number of hydrogen-bond acceptors (Lipinski definition) is 7. The summed E-state index contributed by atoms with van der Waals surface area (Å²) < 4.78 is 10.4. The lowest BCUT2D eigenvalue weighted by atomic mass is 10.2. The number of furan rings is 1. The van der Waals surface area contributed by atoms with Crippen LogP contribution in [0.3, 0.4) is 0 Å². The van der Waals surface area contributed by atoms with Gasteiger partial charge in [-0.3, -0.25) is 19.8 Å². The van der Waals surface area contributed by atoms with Gasteiger partial charge in [-0.05, 0) is 24.3 Å². The first kappa shape index (κ1) is 17.5. The summed E-state index contributed by atoms with van der Waals surface area (Å²) >= 11 is 12.4. The highest BCUT2D eigenvalue weighted by Crippen LogP contribution is 2.38. The van der Waals surface area contributed by atoms with Gasteiger partial charge in [0.15, 0.2) is 4.32 Å². The van der Waals surface area contributed by atoms with E-state index in [1.807, 2.05) is 0 Å². The van der Waals surface area contributed by atoms with Crippen molar-refractivity contribution in [1.29, 1.82) is 0 Å². The summed E-state index contributed by atoms with van der Waals surface area (Å²) in [7, 11) is 1.49. The summed E-state index contributed by atoms with van der Waals surface area (Å²) in [6.07, 6.45) is 1.41. The second-order valence-electron chi connectivity index (χ2n) is 4.77. The van der Waals surface area contributed by atoms with Crippen molar-refractivity contribution in [3.63, 3.8) is 0 Å². The molecule has 0 radical (unpaired) electrons. The lowest BCUT2D eigenvalue weighted by molar-refractivity contribution is -0.402. The molecule has 1 amide bonds. The van der Waals surface area contributed by atoms with Gasteiger partial charge >= 0.3 is 5.88 Å². The maximum Gasteiger partial charge on any atom is 0.433 e. The van der Waals surface area contributed by atoms with Gasteiger partial charge in [-0.1, -0.05) is 35.6 Å². The highest BCUT2D eigenvalue weighted by atomic mass is 35.5. The van der Waals surface area contributed by atoms with Gasteiger partial charge < -0.3 is 9.15 Å². The van der Waals surface area contributed by atoms with Crippen LogP contribution >= 0.6 is 35.6 Å². The first-order valence-electron chi connectivity index (χ1n) is 6.76. The van der Waals surface area contributed by atoms with Gasteiger partial charge in [0.2, 0.25) is 0 Å². The fourth-order valence-electron chi connectivity index (χ4n) is 2.13. The summed E-state index contributed by atoms with van der Waals surface area (Å²) in [6.45, 7) is 0. The minimum atomic E-state index is -0.651. The number of carbonyl (C=O) groups is 1. The van der Waals surface area contributed by atoms with Crippen molar-refractivity contribution in [3.8, 4) is 5.75 Å². The number of halogens is 1. The molecule has 25 heavy (non-hydrogen) atoms. The quantitative estimate of drug-likeness (QED) is 0.330. The number of benzene rings is 1. The van der Waals surface area contributed by atoms with Gasteiger partial charge in [0.05, 0.1) is 28.8 Å². The van der Waals surface area contributed by atoms with Gasteiger partial charge in [0.1, 0.15) is 16.4 Å². The lowest BCUT2D eigenvalue weighted by Gasteiger charge is -2.15. The molecule has 1 aromatic carbocycles. The van der Waals surface area contributed by atoms with Crippen LogP contribution in [0.5, 0.6) is 5.75 Å². The van der Waals surface area contributed by atoms with E-state index >= 15 is 0 Å². The van der Waals surface area contributed by atoms with Gasteiger partial charge in [0, 0.05) is 6.08 Å². The summed E-state index contributed by atoms with van der Waals surface area (Å²) in [4.78, 5) is 24.3. The van der Waals surface area contributed by atoms with Crippen molar-refractivity contribution < 1.29 is 18.9 Å². The van der Waals surface area contributed by atoms with Crippen LogP contribution in [0.15, 0.2) is 39.7 Å². The topological polar surface area (TPSA) is 85.8 Å². The molecule has 2 heterocycles. The molecule has 0 spiro atoms. The largest absolute Gasteiger partial charge is 0.495 e. The number of carbonyl (C=O) groups excluding carboxylic acids is 1. The van der Waals surface area contributed by atoms with E-state index in [9.17, 15) is 14.9 Å². The summed E-state index contributed by atoms with van der Waals surface area (Å²) in [6, 6.07) is 7.50. The number of thiocarbonyl (C=S) groups is 1. The highest BCUT2D eigenvalue weighted by Gasteiger charge is 2.34. The Morgan fingerprint density at radius 2 is 2.16 bits per heavy atom. The van der Waals surface area contributed by atoms with Crippen LogP contribution in [0.2, 0.25) is 5.02 Å². The molecule has 1 aliphatic rings. The molecule has 128 valence electrons. The fourth-order valence-corrected chi connectivity index (χ4v) is 3.66. The Morgan fingerprint density at radius 1 is 1.40 bits per heavy atom. The van der Waals surface area contributed by atoms with Crippen molar-refractivity contribution in [2.45, 2.75) is 0 Å². The average Bonchev–Trinajstić information content (AvgIpc) is 3.13. The second kappa shape index (κ2) is 6.87. The van der Waals surface area contributed by atoms with E-state index in [-0.39, 0.29) is 11.7 Å². The number of thioether (sulfide) groups is 1. The van der Waals surface area contributed by atoms with E-state index in [2.05, 4.69) is 0 Å². The fraction of sp³-hybridized carbons (Fsp3) is 0.0667. The Morgan fingerprint density at radius 3 is 2.76 bits per heavy atom. The lowest BCUT2D eigenvalue weighted by Crippen LogP contribution is -2.27. The Bertz CT molecular complexity index is 924. The molecule has 0 aliphatic carbocycles. The van der Waals surface area contributed by atoms with Crippen molar-refractivity contribution in [2.24, 2.45) is 0 Å². The zero-order valence-electron chi connectivity index (χ0n) is 12.6. The monoisotopic (exact) mass is 396 g/mol. The van der Waals surface area contributed by atoms with E-state index in [0.717, 1.165) is 11.8 Å². The van der Waals surface area contributed by atoms with E-state index in [1.54, 1.807) is 18.2 Å². The van der Waals surface area contributed by atoms with E-state index < -0.39 is 10.8 Å². The number of hydrogen-bond donors (Lipinski definition) is 0. The van der Waals surface area contributed by atoms with Crippen LogP contribution in [-0.2, 0) is 4.79 Å². The molecule has 1 fully saturated rings. The Balaban J connectivity index is 1.90. The minimum absolute atomic E-state index is 0.194. The Labute approximate surface area is 156 Å². The highest BCUT2D eigenvalue weighted by molar-refractivity contribution is 8.27. The summed E-state index contributed by atoms with van der Waals surface area (Å²) in [5.41, 5.74) is 0.502. The number of nitro groups is 1. The third-order valence-corrected chi connectivity index (χ3v) is 4.85. The van der Waals surface area contributed by atoms with Crippen molar-refractivity contribution in [2.75, 3.05) is 12.0 Å². The van der Waals surface area contributed by atoms with Crippen LogP contribution in [0.25, 0.3) is 6.08 Å². The normalized spacial score (nSPS) is 15.9. The Hall–Kier alpha value is -2.36. The number of anilines is 1. The smallest absolute Gasteiger partial charge is 0.433 e. The molecule has 1 aliphatic heterocycles. The van der Waals surface area contributed by atoms with Crippen LogP contribution in [-0.4, -0.2) is 22.3 Å². The summed E-state index contributed by atoms with van der Waals surface area (Å²) in [5.74, 6) is -0.0896. The standard InChI is InChI=1S/C15H9ClN2O5S2/c1-22-11-4-2-8(6-10(11)16)17-14(19)12(25-15(17)24)7-9-3-5-13(23-9)18(20)21/h2-7H,1H3. The number of amides is 1. The maximum absolute atomic E-state index is 12.6. The zero-order chi connectivity index (χ0) is 18.1. The molecule has 7 nitrogen and oxygen atoms in total. The van der Waals surface area contributed by atoms with Crippen molar-refractivity contribution in [1.82, 2.24) is 0 Å². The third-order valence-electron chi connectivity index (χ3n) is 3.25. The second-order valence-corrected chi connectivity index (χ2v) is 6.85. The first-order valence-corrected chi connectivity index (χ1v) is 8.36. The van der Waals surface area contributed by atoms with Crippen LogP contribution in [0, 0.1) is 10.1 Å². The van der Waals surface area contributed by atoms with E-state index in [0.29, 0.717) is 25.7 Å². The molecule has 0 atom stereocenters. The molecule has 0 saturated carbocycles. The van der Waals surface area contributed by atoms with Crippen molar-refractivity contribution in [3.05, 3.63) is 56.1 Å². The molecule has 3 rings (SSSR count). The molecule has 1 saturated heterocycles. The molecule has 0 bridgehead atoms. The van der Waals surface area contributed by atoms with Gasteiger partial charge in [-0.15, -0.1) is 0 Å². The molecular weight excluding hydrogens is 388 g/mol. The van der Waals surface area contributed by atoms with Crippen LogP contribution in [0.1, 0.15) is 5.76 Å². The number of methoxy groups -OCH3 is 1. The summed E-state index contributed by atoms with van der Waals surface area (Å²) in [5, 5.41) is 11.0. The van der Waals surface area contributed by atoms with Gasteiger partial charge in [0.25, 0.3) is 5.91 Å². The maximum atomic E-state index is 12.6. The molecule has 2 aromatic rings. The number of rotatable bonds is 4.